The van der Waals surface area contributed by atoms with E-state index in [4.69, 9.17) is 0 Å². The van der Waals surface area contributed by atoms with Crippen molar-refractivity contribution in [2.75, 3.05) is 13.6 Å². The minimum Gasteiger partial charge on any atom is -0.480 e. The molecule has 1 saturated heterocycles. The van der Waals surface area contributed by atoms with Gasteiger partial charge in [-0.25, -0.2) is 9.59 Å². The summed E-state index contributed by atoms with van der Waals surface area (Å²) in [5.74, 6) is -2.15. The Bertz CT molecular complexity index is 918. The molecule has 1 aliphatic heterocycles. The second-order valence-corrected chi connectivity index (χ2v) is 10.1. The van der Waals surface area contributed by atoms with Crippen molar-refractivity contribution in [3.63, 3.8) is 0 Å². The lowest BCUT2D eigenvalue weighted by Gasteiger charge is -2.23. The monoisotopic (exact) mass is 477 g/mol. The number of aliphatic carboxylic acids is 1. The lowest BCUT2D eigenvalue weighted by Crippen LogP contribution is -2.46. The van der Waals surface area contributed by atoms with Gasteiger partial charge in [0.2, 0.25) is 11.0 Å². The molecular weight excluding hydrogens is 446 g/mol. The standard InChI is InChI=1S/C23H31N3O6S/c1-14(2)13-16(19(28)29)24-18(27)17(33-20(30)15-9-7-6-8-10-15)11-12-26-21(31)23(3,4)25(5)22(26)32/h6-10,14,16-17H,11-13H2,1-5H3,(H,24,27)(H,28,29)/t16-,17-/m0/s1. The molecule has 0 aromatic heterocycles. The number of benzene rings is 1. The van der Waals surface area contributed by atoms with E-state index >= 15 is 0 Å². The zero-order valence-electron chi connectivity index (χ0n) is 19.5. The number of imide groups is 1. The van der Waals surface area contributed by atoms with Crippen LogP contribution in [0.25, 0.3) is 0 Å². The minimum absolute atomic E-state index is 0.00446. The molecule has 4 amide bonds. The van der Waals surface area contributed by atoms with E-state index in [1.165, 1.54) is 11.9 Å². The Labute approximate surface area is 197 Å². The van der Waals surface area contributed by atoms with Crippen LogP contribution in [0.4, 0.5) is 4.79 Å². The first-order valence-electron chi connectivity index (χ1n) is 10.7. The Balaban J connectivity index is 2.20. The van der Waals surface area contributed by atoms with Gasteiger partial charge in [0, 0.05) is 19.2 Å². The second-order valence-electron chi connectivity index (χ2n) is 8.94. The first-order valence-corrected chi connectivity index (χ1v) is 11.6. The van der Waals surface area contributed by atoms with Crippen molar-refractivity contribution >= 4 is 40.7 Å². The summed E-state index contributed by atoms with van der Waals surface area (Å²) in [7, 11) is 1.53. The van der Waals surface area contributed by atoms with Gasteiger partial charge < -0.3 is 15.3 Å². The number of carbonyl (C=O) groups excluding carboxylic acids is 4. The predicted molar refractivity (Wildman–Crippen MR) is 125 cm³/mol. The zero-order valence-corrected chi connectivity index (χ0v) is 20.3. The lowest BCUT2D eigenvalue weighted by molar-refractivity contribution is -0.142. The third-order valence-corrected chi connectivity index (χ3v) is 6.80. The Hall–Kier alpha value is -2.88. The van der Waals surface area contributed by atoms with Gasteiger partial charge in [0.25, 0.3) is 5.91 Å². The maximum absolute atomic E-state index is 13.0. The molecule has 0 radical (unpaired) electrons. The fourth-order valence-corrected chi connectivity index (χ4v) is 4.33. The largest absolute Gasteiger partial charge is 0.480 e. The molecule has 0 saturated carbocycles. The van der Waals surface area contributed by atoms with Crippen LogP contribution in [-0.2, 0) is 14.4 Å². The quantitative estimate of drug-likeness (QED) is 0.496. The fraction of sp³-hybridized carbons (Fsp3) is 0.522. The summed E-state index contributed by atoms with van der Waals surface area (Å²) in [6.45, 7) is 6.88. The van der Waals surface area contributed by atoms with Gasteiger partial charge in [-0.05, 0) is 32.6 Å². The van der Waals surface area contributed by atoms with Crippen LogP contribution in [-0.4, -0.2) is 74.3 Å². The normalized spacial score (nSPS) is 17.3. The van der Waals surface area contributed by atoms with Gasteiger partial charge in [0.15, 0.2) is 0 Å². The van der Waals surface area contributed by atoms with Gasteiger partial charge >= 0.3 is 12.0 Å². The molecule has 1 fully saturated rings. The molecule has 1 aliphatic rings. The van der Waals surface area contributed by atoms with E-state index in [-0.39, 0.29) is 30.4 Å². The number of thioether (sulfide) groups is 1. The van der Waals surface area contributed by atoms with Gasteiger partial charge in [-0.2, -0.15) is 0 Å². The number of likely N-dealkylation sites (N-methyl/N-ethyl adjacent to an activating group) is 1. The van der Waals surface area contributed by atoms with Crippen LogP contribution >= 0.6 is 11.8 Å². The molecule has 2 atom stereocenters. The summed E-state index contributed by atoms with van der Waals surface area (Å²) in [4.78, 5) is 65.0. The third-order valence-electron chi connectivity index (χ3n) is 5.61. The maximum Gasteiger partial charge on any atom is 0.327 e. The van der Waals surface area contributed by atoms with Crippen molar-refractivity contribution in [2.24, 2.45) is 5.92 Å². The average molecular weight is 478 g/mol. The van der Waals surface area contributed by atoms with E-state index in [2.05, 4.69) is 5.32 Å². The van der Waals surface area contributed by atoms with Gasteiger partial charge in [-0.1, -0.05) is 55.9 Å². The number of hydrogen-bond donors (Lipinski definition) is 2. The van der Waals surface area contributed by atoms with Gasteiger partial charge in [0.05, 0.1) is 5.25 Å². The molecule has 1 heterocycles. The summed E-state index contributed by atoms with van der Waals surface area (Å²) in [6, 6.07) is 6.82. The number of carboxylic acid groups (broad SMARTS) is 1. The lowest BCUT2D eigenvalue weighted by atomic mass is 10.0. The molecule has 0 spiro atoms. The summed E-state index contributed by atoms with van der Waals surface area (Å²) in [5, 5.41) is 10.7. The van der Waals surface area contributed by atoms with E-state index in [9.17, 15) is 29.1 Å². The van der Waals surface area contributed by atoms with Crippen LogP contribution in [0.15, 0.2) is 30.3 Å². The SMILES string of the molecule is CC(C)C[C@H](NC(=O)[C@H](CCN1C(=O)N(C)C(C)(C)C1=O)SC(=O)c1ccccc1)C(=O)O. The zero-order chi connectivity index (χ0) is 24.9. The Morgan fingerprint density at radius 3 is 2.21 bits per heavy atom. The van der Waals surface area contributed by atoms with Crippen LogP contribution in [0, 0.1) is 5.92 Å². The molecular formula is C23H31N3O6S. The molecule has 0 aliphatic carbocycles. The van der Waals surface area contributed by atoms with Crippen molar-refractivity contribution < 1.29 is 29.1 Å². The molecule has 180 valence electrons. The highest BCUT2D eigenvalue weighted by Crippen LogP contribution is 2.28. The smallest absolute Gasteiger partial charge is 0.327 e. The predicted octanol–water partition coefficient (Wildman–Crippen LogP) is 2.61. The van der Waals surface area contributed by atoms with Crippen LogP contribution in [0.1, 0.15) is 50.9 Å². The molecule has 33 heavy (non-hydrogen) atoms. The topological polar surface area (TPSA) is 124 Å². The van der Waals surface area contributed by atoms with E-state index < -0.39 is 40.6 Å². The Morgan fingerprint density at radius 1 is 1.12 bits per heavy atom. The third kappa shape index (κ3) is 6.34. The first-order chi connectivity index (χ1) is 15.4. The molecule has 1 aromatic rings. The van der Waals surface area contributed by atoms with E-state index in [1.54, 1.807) is 44.2 Å². The Morgan fingerprint density at radius 2 is 1.73 bits per heavy atom. The highest BCUT2D eigenvalue weighted by atomic mass is 32.2. The number of amides is 4. The molecule has 2 rings (SSSR count). The van der Waals surface area contributed by atoms with Gasteiger partial charge in [-0.3, -0.25) is 19.3 Å². The summed E-state index contributed by atoms with van der Waals surface area (Å²) < 4.78 is 0. The van der Waals surface area contributed by atoms with Crippen LogP contribution in [0.5, 0.6) is 0 Å². The van der Waals surface area contributed by atoms with Gasteiger partial charge in [-0.15, -0.1) is 0 Å². The molecule has 2 N–H and O–H groups in total. The molecule has 1 aromatic carbocycles. The minimum atomic E-state index is -1.16. The van der Waals surface area contributed by atoms with Crippen LogP contribution < -0.4 is 5.32 Å². The number of nitrogens with zero attached hydrogens (tertiary/aromatic N) is 2. The van der Waals surface area contributed by atoms with E-state index in [0.29, 0.717) is 5.56 Å². The van der Waals surface area contributed by atoms with E-state index in [1.807, 2.05) is 13.8 Å². The van der Waals surface area contributed by atoms with Crippen molar-refractivity contribution in [3.05, 3.63) is 35.9 Å². The number of nitrogens with one attached hydrogen (secondary N) is 1. The maximum atomic E-state index is 13.0. The molecule has 9 nitrogen and oxygen atoms in total. The average Bonchev–Trinajstić information content (AvgIpc) is 2.90. The number of hydrogen-bond acceptors (Lipinski definition) is 6. The Kier molecular flexibility index (Phi) is 8.65. The molecule has 10 heteroatoms. The molecule has 0 bridgehead atoms. The van der Waals surface area contributed by atoms with Crippen molar-refractivity contribution in [2.45, 2.75) is 57.4 Å². The highest BCUT2D eigenvalue weighted by Gasteiger charge is 2.49. The van der Waals surface area contributed by atoms with Crippen molar-refractivity contribution in [1.29, 1.82) is 0 Å². The first kappa shape index (κ1) is 26.4. The summed E-state index contributed by atoms with van der Waals surface area (Å²) in [5.41, 5.74) is -0.612. The van der Waals surface area contributed by atoms with Crippen molar-refractivity contribution in [3.8, 4) is 0 Å². The fourth-order valence-electron chi connectivity index (χ4n) is 3.40. The van der Waals surface area contributed by atoms with Gasteiger partial charge in [0.1, 0.15) is 11.6 Å². The number of carbonyl (C=O) groups is 5. The number of rotatable bonds is 10. The van der Waals surface area contributed by atoms with Crippen molar-refractivity contribution in [1.82, 2.24) is 15.1 Å². The van der Waals surface area contributed by atoms with Crippen LogP contribution in [0.2, 0.25) is 0 Å². The summed E-state index contributed by atoms with van der Waals surface area (Å²) >= 11 is 0.758. The second kappa shape index (κ2) is 10.8. The highest BCUT2D eigenvalue weighted by molar-refractivity contribution is 8.15. The number of urea groups is 1. The molecule has 0 unspecified atom stereocenters. The van der Waals surface area contributed by atoms with E-state index in [0.717, 1.165) is 16.7 Å². The summed E-state index contributed by atoms with van der Waals surface area (Å²) in [6.07, 6.45) is 0.234. The number of carboxylic acids is 1. The van der Waals surface area contributed by atoms with Crippen LogP contribution in [0.3, 0.4) is 0 Å².